The van der Waals surface area contributed by atoms with Crippen molar-refractivity contribution in [3.05, 3.63) is 24.0 Å². The molecular formula is C15H21N3O4. The molecule has 2 rings (SSSR count). The molecule has 2 N–H and O–H groups in total. The van der Waals surface area contributed by atoms with Crippen LogP contribution >= 0.6 is 0 Å². The van der Waals surface area contributed by atoms with Gasteiger partial charge in [0.1, 0.15) is 5.69 Å². The Morgan fingerprint density at radius 3 is 2.73 bits per heavy atom. The van der Waals surface area contributed by atoms with Crippen LogP contribution in [0.15, 0.2) is 18.3 Å². The summed E-state index contributed by atoms with van der Waals surface area (Å²) in [4.78, 5) is 28.6. The maximum atomic E-state index is 12.0. The first-order valence-electron chi connectivity index (χ1n) is 7.32. The molecule has 2 heterocycles. The van der Waals surface area contributed by atoms with Gasteiger partial charge in [0, 0.05) is 31.5 Å². The van der Waals surface area contributed by atoms with Gasteiger partial charge in [-0.2, -0.15) is 0 Å². The molecule has 1 aromatic rings. The summed E-state index contributed by atoms with van der Waals surface area (Å²) in [6.07, 6.45) is 1.74. The van der Waals surface area contributed by atoms with E-state index in [9.17, 15) is 9.59 Å². The molecule has 1 fully saturated rings. The first-order chi connectivity index (χ1) is 10.5. The van der Waals surface area contributed by atoms with Crippen molar-refractivity contribution in [1.82, 2.24) is 10.3 Å². The summed E-state index contributed by atoms with van der Waals surface area (Å²) in [7, 11) is 0. The van der Waals surface area contributed by atoms with Crippen molar-refractivity contribution in [3.63, 3.8) is 0 Å². The summed E-state index contributed by atoms with van der Waals surface area (Å²) in [6, 6.07) is 3.58. The lowest BCUT2D eigenvalue weighted by Crippen LogP contribution is -2.45. The van der Waals surface area contributed by atoms with Crippen molar-refractivity contribution in [3.8, 4) is 0 Å². The van der Waals surface area contributed by atoms with Gasteiger partial charge in [-0.1, -0.05) is 0 Å². The van der Waals surface area contributed by atoms with Crippen LogP contribution in [-0.4, -0.2) is 53.8 Å². The molecule has 0 unspecified atom stereocenters. The number of anilines is 1. The maximum absolute atomic E-state index is 12.0. The number of rotatable bonds is 5. The molecule has 22 heavy (non-hydrogen) atoms. The highest BCUT2D eigenvalue weighted by Crippen LogP contribution is 2.20. The molecule has 0 radical (unpaired) electrons. The number of nitrogens with zero attached hydrogens (tertiary/aromatic N) is 2. The van der Waals surface area contributed by atoms with Gasteiger partial charge in [-0.05, 0) is 26.0 Å². The average molecular weight is 307 g/mol. The van der Waals surface area contributed by atoms with Crippen molar-refractivity contribution < 1.29 is 19.4 Å². The van der Waals surface area contributed by atoms with E-state index in [2.05, 4.69) is 15.2 Å². The number of ether oxygens (including phenoxy) is 1. The van der Waals surface area contributed by atoms with Gasteiger partial charge < -0.3 is 20.1 Å². The van der Waals surface area contributed by atoms with E-state index in [1.54, 1.807) is 12.3 Å². The van der Waals surface area contributed by atoms with Crippen LogP contribution in [0.4, 0.5) is 5.69 Å². The molecule has 0 spiro atoms. The van der Waals surface area contributed by atoms with E-state index in [0.717, 1.165) is 18.8 Å². The molecule has 0 bridgehead atoms. The summed E-state index contributed by atoms with van der Waals surface area (Å²) in [5.41, 5.74) is 1.20. The molecule has 1 amide bonds. The van der Waals surface area contributed by atoms with E-state index in [4.69, 9.17) is 9.84 Å². The molecule has 1 aliphatic heterocycles. The quantitative estimate of drug-likeness (QED) is 0.840. The number of amides is 1. The highest BCUT2D eigenvalue weighted by Gasteiger charge is 2.23. The standard InChI is InChI=1S/C15H21N3O4/c1-10-8-18(9-11(2)22-10)12-3-5-16-13(7-12)15(21)17-6-4-14(19)20/h3,5,7,10-11H,4,6,8-9H2,1-2H3,(H,17,21)(H,19,20)/t10-,11+. The molecule has 0 aliphatic carbocycles. The third kappa shape index (κ3) is 4.42. The predicted molar refractivity (Wildman–Crippen MR) is 81.0 cm³/mol. The second-order valence-electron chi connectivity index (χ2n) is 5.46. The van der Waals surface area contributed by atoms with Crippen LogP contribution in [0.1, 0.15) is 30.8 Å². The van der Waals surface area contributed by atoms with Gasteiger partial charge in [-0.3, -0.25) is 14.6 Å². The van der Waals surface area contributed by atoms with Crippen LogP contribution in [0.25, 0.3) is 0 Å². The number of morpholine rings is 1. The molecule has 7 heteroatoms. The number of aliphatic carboxylic acids is 1. The molecular weight excluding hydrogens is 286 g/mol. The lowest BCUT2D eigenvalue weighted by molar-refractivity contribution is -0.136. The van der Waals surface area contributed by atoms with E-state index in [0.29, 0.717) is 0 Å². The van der Waals surface area contributed by atoms with E-state index in [1.807, 2.05) is 19.9 Å². The molecule has 1 aromatic heterocycles. The zero-order chi connectivity index (χ0) is 16.1. The predicted octanol–water partition coefficient (Wildman–Crippen LogP) is 0.900. The van der Waals surface area contributed by atoms with E-state index >= 15 is 0 Å². The van der Waals surface area contributed by atoms with Gasteiger partial charge in [-0.15, -0.1) is 0 Å². The van der Waals surface area contributed by atoms with Crippen molar-refractivity contribution >= 4 is 17.6 Å². The molecule has 0 saturated carbocycles. The summed E-state index contributed by atoms with van der Waals surface area (Å²) in [6.45, 7) is 5.64. The Morgan fingerprint density at radius 1 is 1.41 bits per heavy atom. The summed E-state index contributed by atoms with van der Waals surface area (Å²) in [5, 5.41) is 11.1. The normalized spacial score (nSPS) is 21.5. The SMILES string of the molecule is C[C@@H]1CN(c2ccnc(C(=O)NCCC(=O)O)c2)C[C@H](C)O1. The number of nitrogens with one attached hydrogen (secondary N) is 1. The van der Waals surface area contributed by atoms with Gasteiger partial charge in [0.25, 0.3) is 5.91 Å². The van der Waals surface area contributed by atoms with Crippen LogP contribution in [-0.2, 0) is 9.53 Å². The Balaban J connectivity index is 2.03. The highest BCUT2D eigenvalue weighted by molar-refractivity contribution is 5.93. The fourth-order valence-electron chi connectivity index (χ4n) is 2.50. The lowest BCUT2D eigenvalue weighted by Gasteiger charge is -2.36. The number of carbonyl (C=O) groups is 2. The third-order valence-electron chi connectivity index (χ3n) is 3.39. The van der Waals surface area contributed by atoms with Gasteiger partial charge in [0.05, 0.1) is 18.6 Å². The van der Waals surface area contributed by atoms with E-state index < -0.39 is 5.97 Å². The first-order valence-corrected chi connectivity index (χ1v) is 7.32. The zero-order valence-electron chi connectivity index (χ0n) is 12.8. The smallest absolute Gasteiger partial charge is 0.305 e. The van der Waals surface area contributed by atoms with Crippen molar-refractivity contribution in [2.45, 2.75) is 32.5 Å². The van der Waals surface area contributed by atoms with Crippen molar-refractivity contribution in [1.29, 1.82) is 0 Å². The molecule has 1 aliphatic rings. The Morgan fingerprint density at radius 2 is 2.09 bits per heavy atom. The second-order valence-corrected chi connectivity index (χ2v) is 5.46. The average Bonchev–Trinajstić information content (AvgIpc) is 2.46. The second kappa shape index (κ2) is 7.22. The van der Waals surface area contributed by atoms with Gasteiger partial charge in [-0.25, -0.2) is 0 Å². The van der Waals surface area contributed by atoms with E-state index in [1.165, 1.54) is 0 Å². The Bertz CT molecular complexity index is 539. The van der Waals surface area contributed by atoms with E-state index in [-0.39, 0.29) is 36.8 Å². The monoisotopic (exact) mass is 307 g/mol. The number of pyridine rings is 1. The fraction of sp³-hybridized carbons (Fsp3) is 0.533. The summed E-state index contributed by atoms with van der Waals surface area (Å²) in [5.74, 6) is -1.31. The van der Waals surface area contributed by atoms with Crippen molar-refractivity contribution in [2.24, 2.45) is 0 Å². The zero-order valence-corrected chi connectivity index (χ0v) is 12.8. The van der Waals surface area contributed by atoms with Gasteiger partial charge >= 0.3 is 5.97 Å². The van der Waals surface area contributed by atoms with Gasteiger partial charge in [0.2, 0.25) is 0 Å². The molecule has 1 saturated heterocycles. The lowest BCUT2D eigenvalue weighted by atomic mass is 10.2. The number of hydrogen-bond acceptors (Lipinski definition) is 5. The van der Waals surface area contributed by atoms with Crippen LogP contribution < -0.4 is 10.2 Å². The first kappa shape index (κ1) is 16.2. The van der Waals surface area contributed by atoms with Crippen LogP contribution in [0.3, 0.4) is 0 Å². The number of hydrogen-bond donors (Lipinski definition) is 2. The van der Waals surface area contributed by atoms with Crippen LogP contribution in [0.5, 0.6) is 0 Å². The third-order valence-corrected chi connectivity index (χ3v) is 3.39. The van der Waals surface area contributed by atoms with Crippen LogP contribution in [0, 0.1) is 0 Å². The molecule has 2 atom stereocenters. The fourth-order valence-corrected chi connectivity index (χ4v) is 2.50. The number of aromatic nitrogens is 1. The summed E-state index contributed by atoms with van der Waals surface area (Å²) >= 11 is 0. The topological polar surface area (TPSA) is 91.8 Å². The van der Waals surface area contributed by atoms with Gasteiger partial charge in [0.15, 0.2) is 0 Å². The largest absolute Gasteiger partial charge is 0.481 e. The van der Waals surface area contributed by atoms with Crippen molar-refractivity contribution in [2.75, 3.05) is 24.5 Å². The highest BCUT2D eigenvalue weighted by atomic mass is 16.5. The summed E-state index contributed by atoms with van der Waals surface area (Å²) < 4.78 is 5.70. The Kier molecular flexibility index (Phi) is 5.32. The Labute approximate surface area is 129 Å². The minimum atomic E-state index is -0.946. The molecule has 120 valence electrons. The maximum Gasteiger partial charge on any atom is 0.305 e. The number of carboxylic acid groups (broad SMARTS) is 1. The Hall–Kier alpha value is -2.15. The molecule has 7 nitrogen and oxygen atoms in total. The minimum absolute atomic E-state index is 0.0890. The molecule has 0 aromatic carbocycles. The number of carboxylic acids is 1. The minimum Gasteiger partial charge on any atom is -0.481 e. The number of carbonyl (C=O) groups excluding carboxylic acids is 1. The van der Waals surface area contributed by atoms with Crippen LogP contribution in [0.2, 0.25) is 0 Å².